The van der Waals surface area contributed by atoms with Crippen LogP contribution in [0, 0.1) is 0 Å². The number of anilines is 1. The van der Waals surface area contributed by atoms with Crippen molar-refractivity contribution in [3.05, 3.63) is 59.1 Å². The fraction of sp³-hybridized carbons (Fsp3) is 0.200. The average Bonchev–Trinajstić information content (AvgIpc) is 2.41. The minimum Gasteiger partial charge on any atom is -0.506 e. The first-order chi connectivity index (χ1) is 8.72. The molecule has 0 heterocycles. The first-order valence-electron chi connectivity index (χ1n) is 5.98. The maximum absolute atomic E-state index is 9.93. The van der Waals surface area contributed by atoms with Gasteiger partial charge in [0.1, 0.15) is 5.75 Å². The fourth-order valence-electron chi connectivity index (χ4n) is 1.92. The van der Waals surface area contributed by atoms with E-state index in [4.69, 9.17) is 11.6 Å². The fourth-order valence-corrected chi connectivity index (χ4v) is 2.11. The summed E-state index contributed by atoms with van der Waals surface area (Å²) in [5.74, 6) is 0.175. The van der Waals surface area contributed by atoms with E-state index in [1.54, 1.807) is 6.07 Å². The van der Waals surface area contributed by atoms with Crippen molar-refractivity contribution in [2.45, 2.75) is 13.5 Å². The summed E-state index contributed by atoms with van der Waals surface area (Å²) in [5.41, 5.74) is 1.98. The van der Waals surface area contributed by atoms with Gasteiger partial charge in [-0.1, -0.05) is 41.9 Å². The quantitative estimate of drug-likeness (QED) is 0.897. The summed E-state index contributed by atoms with van der Waals surface area (Å²) in [6.45, 7) is 3.61. The third kappa shape index (κ3) is 2.77. The summed E-state index contributed by atoms with van der Waals surface area (Å²) in [6, 6.07) is 15.6. The maximum atomic E-state index is 9.93. The minimum absolute atomic E-state index is 0.175. The van der Waals surface area contributed by atoms with Crippen molar-refractivity contribution in [2.75, 3.05) is 11.4 Å². The van der Waals surface area contributed by atoms with Gasteiger partial charge in [-0.25, -0.2) is 0 Å². The molecule has 0 saturated carbocycles. The van der Waals surface area contributed by atoms with Crippen molar-refractivity contribution < 1.29 is 5.11 Å². The highest BCUT2D eigenvalue weighted by Crippen LogP contribution is 2.29. The molecule has 0 aliphatic rings. The zero-order valence-corrected chi connectivity index (χ0v) is 11.1. The molecule has 1 N–H and O–H groups in total. The highest BCUT2D eigenvalue weighted by Gasteiger charge is 2.10. The topological polar surface area (TPSA) is 23.5 Å². The lowest BCUT2D eigenvalue weighted by Gasteiger charge is -2.23. The van der Waals surface area contributed by atoms with Crippen LogP contribution in [-0.2, 0) is 6.54 Å². The SMILES string of the molecule is CCN(Cc1cccc(Cl)c1O)c1ccccc1. The molecular formula is C15H16ClNO. The van der Waals surface area contributed by atoms with E-state index in [0.717, 1.165) is 17.8 Å². The van der Waals surface area contributed by atoms with E-state index in [0.29, 0.717) is 11.6 Å². The standard InChI is InChI=1S/C15H16ClNO/c1-2-17(13-8-4-3-5-9-13)11-12-7-6-10-14(16)15(12)18/h3-10,18H,2,11H2,1H3. The minimum atomic E-state index is 0.175. The van der Waals surface area contributed by atoms with Gasteiger partial charge in [0.05, 0.1) is 5.02 Å². The van der Waals surface area contributed by atoms with E-state index in [2.05, 4.69) is 24.0 Å². The van der Waals surface area contributed by atoms with Gasteiger partial charge in [0.2, 0.25) is 0 Å². The zero-order chi connectivity index (χ0) is 13.0. The second kappa shape index (κ2) is 5.78. The van der Waals surface area contributed by atoms with E-state index in [1.807, 2.05) is 30.3 Å². The van der Waals surface area contributed by atoms with Gasteiger partial charge >= 0.3 is 0 Å². The molecule has 2 nitrogen and oxygen atoms in total. The van der Waals surface area contributed by atoms with Crippen molar-refractivity contribution in [1.82, 2.24) is 0 Å². The van der Waals surface area contributed by atoms with Crippen molar-refractivity contribution >= 4 is 17.3 Å². The largest absolute Gasteiger partial charge is 0.506 e. The van der Waals surface area contributed by atoms with Gasteiger partial charge in [-0.15, -0.1) is 0 Å². The van der Waals surface area contributed by atoms with E-state index in [-0.39, 0.29) is 5.75 Å². The number of hydrogen-bond donors (Lipinski definition) is 1. The van der Waals surface area contributed by atoms with Crippen LogP contribution in [0.5, 0.6) is 5.75 Å². The molecule has 18 heavy (non-hydrogen) atoms. The van der Waals surface area contributed by atoms with Crippen LogP contribution in [0.25, 0.3) is 0 Å². The second-order valence-corrected chi connectivity index (χ2v) is 4.50. The van der Waals surface area contributed by atoms with Crippen LogP contribution >= 0.6 is 11.6 Å². The van der Waals surface area contributed by atoms with E-state index >= 15 is 0 Å². The molecule has 2 aromatic carbocycles. The van der Waals surface area contributed by atoms with Crippen LogP contribution in [0.1, 0.15) is 12.5 Å². The molecule has 3 heteroatoms. The zero-order valence-electron chi connectivity index (χ0n) is 10.3. The Morgan fingerprint density at radius 3 is 2.44 bits per heavy atom. The number of halogens is 1. The lowest BCUT2D eigenvalue weighted by molar-refractivity contribution is 0.467. The third-order valence-electron chi connectivity index (χ3n) is 2.93. The molecule has 2 aromatic rings. The first-order valence-corrected chi connectivity index (χ1v) is 6.36. The Hall–Kier alpha value is -1.67. The second-order valence-electron chi connectivity index (χ2n) is 4.10. The van der Waals surface area contributed by atoms with Crippen LogP contribution in [0.4, 0.5) is 5.69 Å². The average molecular weight is 262 g/mol. The normalized spacial score (nSPS) is 10.3. The van der Waals surface area contributed by atoms with E-state index in [9.17, 15) is 5.11 Å². The summed E-state index contributed by atoms with van der Waals surface area (Å²) >= 11 is 5.92. The lowest BCUT2D eigenvalue weighted by Crippen LogP contribution is -2.21. The Morgan fingerprint density at radius 1 is 1.06 bits per heavy atom. The Balaban J connectivity index is 2.24. The highest BCUT2D eigenvalue weighted by molar-refractivity contribution is 6.32. The van der Waals surface area contributed by atoms with Crippen molar-refractivity contribution in [3.8, 4) is 5.75 Å². The van der Waals surface area contributed by atoms with Gasteiger partial charge < -0.3 is 10.0 Å². The molecule has 0 amide bonds. The Labute approximate surface area is 112 Å². The number of para-hydroxylation sites is 2. The Morgan fingerprint density at radius 2 is 1.78 bits per heavy atom. The van der Waals surface area contributed by atoms with Crippen LogP contribution in [0.15, 0.2) is 48.5 Å². The molecule has 0 bridgehead atoms. The molecule has 2 rings (SSSR count). The predicted molar refractivity (Wildman–Crippen MR) is 76.3 cm³/mol. The van der Waals surface area contributed by atoms with Crippen LogP contribution in [0.3, 0.4) is 0 Å². The van der Waals surface area contributed by atoms with Gasteiger partial charge in [-0.2, -0.15) is 0 Å². The predicted octanol–water partition coefficient (Wildman–Crippen LogP) is 4.07. The number of nitrogens with zero attached hydrogens (tertiary/aromatic N) is 1. The molecular weight excluding hydrogens is 246 g/mol. The third-order valence-corrected chi connectivity index (χ3v) is 3.24. The van der Waals surface area contributed by atoms with Gasteiger partial charge in [0, 0.05) is 24.3 Å². The van der Waals surface area contributed by atoms with Crippen LogP contribution < -0.4 is 4.90 Å². The van der Waals surface area contributed by atoms with Crippen molar-refractivity contribution in [1.29, 1.82) is 0 Å². The Kier molecular flexibility index (Phi) is 4.11. The summed E-state index contributed by atoms with van der Waals surface area (Å²) in [5, 5.41) is 10.3. The smallest absolute Gasteiger partial charge is 0.139 e. The molecule has 0 aliphatic heterocycles. The van der Waals surface area contributed by atoms with Gasteiger partial charge in [0.15, 0.2) is 0 Å². The molecule has 94 valence electrons. The molecule has 0 fully saturated rings. The molecule has 0 spiro atoms. The summed E-state index contributed by atoms with van der Waals surface area (Å²) < 4.78 is 0. The highest BCUT2D eigenvalue weighted by atomic mass is 35.5. The van der Waals surface area contributed by atoms with Crippen molar-refractivity contribution in [2.24, 2.45) is 0 Å². The number of aromatic hydroxyl groups is 1. The lowest BCUT2D eigenvalue weighted by atomic mass is 10.1. The molecule has 0 unspecified atom stereocenters. The number of hydrogen-bond acceptors (Lipinski definition) is 2. The van der Waals surface area contributed by atoms with Crippen LogP contribution in [0.2, 0.25) is 5.02 Å². The number of benzene rings is 2. The molecule has 0 radical (unpaired) electrons. The maximum Gasteiger partial charge on any atom is 0.139 e. The summed E-state index contributed by atoms with van der Waals surface area (Å²) in [4.78, 5) is 2.19. The van der Waals surface area contributed by atoms with Gasteiger partial charge in [-0.3, -0.25) is 0 Å². The number of phenolic OH excluding ortho intramolecular Hbond substituents is 1. The monoisotopic (exact) mass is 261 g/mol. The van der Waals surface area contributed by atoms with Gasteiger partial charge in [-0.05, 0) is 25.1 Å². The van der Waals surface area contributed by atoms with Gasteiger partial charge in [0.25, 0.3) is 0 Å². The summed E-state index contributed by atoms with van der Waals surface area (Å²) in [6.07, 6.45) is 0. The molecule has 0 aliphatic carbocycles. The van der Waals surface area contributed by atoms with Crippen molar-refractivity contribution in [3.63, 3.8) is 0 Å². The molecule has 0 saturated heterocycles. The van der Waals surface area contributed by atoms with Crippen LogP contribution in [-0.4, -0.2) is 11.7 Å². The summed E-state index contributed by atoms with van der Waals surface area (Å²) in [7, 11) is 0. The number of phenols is 1. The molecule has 0 atom stereocenters. The first kappa shape index (κ1) is 12.8. The molecule has 0 aromatic heterocycles. The van der Waals surface area contributed by atoms with E-state index < -0.39 is 0 Å². The van der Waals surface area contributed by atoms with E-state index in [1.165, 1.54) is 0 Å². The Bertz CT molecular complexity index is 513. The number of rotatable bonds is 4.